The third kappa shape index (κ3) is 6.21. The van der Waals surface area contributed by atoms with Crippen LogP contribution in [0.5, 0.6) is 11.6 Å². The van der Waals surface area contributed by atoms with E-state index in [1.54, 1.807) is 0 Å². The Balaban J connectivity index is 2.19. The van der Waals surface area contributed by atoms with Gasteiger partial charge < -0.3 is 14.2 Å². The van der Waals surface area contributed by atoms with Crippen molar-refractivity contribution in [2.75, 3.05) is 0 Å². The molecule has 1 N–H and O–H groups in total. The van der Waals surface area contributed by atoms with Crippen molar-refractivity contribution in [1.29, 1.82) is 5.26 Å². The fraction of sp³-hybridized carbons (Fsp3) is 0.348. The van der Waals surface area contributed by atoms with E-state index in [0.717, 1.165) is 18.2 Å². The summed E-state index contributed by atoms with van der Waals surface area (Å²) >= 11 is 12.7. The second-order valence-electron chi connectivity index (χ2n) is 7.73. The summed E-state index contributed by atoms with van der Waals surface area (Å²) in [6.07, 6.45) is -3.35. The van der Waals surface area contributed by atoms with Gasteiger partial charge in [-0.05, 0) is 38.8 Å². The zero-order valence-electron chi connectivity index (χ0n) is 25.8. The van der Waals surface area contributed by atoms with Gasteiger partial charge in [0.15, 0.2) is 12.0 Å². The van der Waals surface area contributed by atoms with Crippen LogP contribution < -0.4 is 21.5 Å². The molecule has 13 nitrogen and oxygen atoms in total. The number of ether oxygens (including phenoxy) is 3. The molecule has 0 spiro atoms. The Labute approximate surface area is 233 Å². The van der Waals surface area contributed by atoms with Crippen LogP contribution in [0.1, 0.15) is 66.1 Å². The van der Waals surface area contributed by atoms with Gasteiger partial charge >= 0.3 is 11.8 Å². The molecule has 0 aliphatic carbocycles. The van der Waals surface area contributed by atoms with E-state index in [0.29, 0.717) is 9.36 Å². The van der Waals surface area contributed by atoms with Crippen molar-refractivity contribution in [3.63, 3.8) is 0 Å². The van der Waals surface area contributed by atoms with Gasteiger partial charge in [0.2, 0.25) is 11.6 Å². The number of aromatic amines is 1. The fourth-order valence-electron chi connectivity index (χ4n) is 2.94. The summed E-state index contributed by atoms with van der Waals surface area (Å²) in [5.74, 6) is -3.27. The maximum absolute atomic E-state index is 13.4. The van der Waals surface area contributed by atoms with Gasteiger partial charge in [-0.1, -0.05) is 36.9 Å². The van der Waals surface area contributed by atoms with Crippen LogP contribution in [0.4, 0.5) is 4.79 Å². The molecule has 0 bridgehead atoms. The standard InChI is InChI=1S/C23H22Cl2N6O7/c1-10(2)14-8-18(29-30(21(14)33)12(5)37-23(35)36-11(3)4)38-19-15(24)6-13(7-16(19)25)31-22(34)27-20(32)17(9-26)28-31/h6-8,10-12H,1-5H3,(H,27,32,34)/i1D3,2D3. The quantitative estimate of drug-likeness (QED) is 0.413. The molecule has 1 aromatic carbocycles. The summed E-state index contributed by atoms with van der Waals surface area (Å²) < 4.78 is 63.6. The highest BCUT2D eigenvalue weighted by atomic mass is 35.5. The molecule has 0 saturated carbocycles. The van der Waals surface area contributed by atoms with Gasteiger partial charge in [-0.3, -0.25) is 14.6 Å². The Bertz CT molecular complexity index is 1780. The SMILES string of the molecule is [2H]C([2H])([2H])C(c1cc(Oc2c(Cl)cc(-n3nc(C#N)c(=O)[nH]c3=O)cc2Cl)nn(C(C)OC(=O)OC(C)C)c1=O)C([2H])([2H])[2H]. The molecule has 0 aliphatic heterocycles. The van der Waals surface area contributed by atoms with Gasteiger partial charge in [0.1, 0.15) is 6.07 Å². The number of hydrogen-bond donors (Lipinski definition) is 1. The minimum atomic E-state index is -3.21. The molecule has 0 aliphatic rings. The number of H-pyrrole nitrogens is 1. The largest absolute Gasteiger partial charge is 0.510 e. The highest BCUT2D eigenvalue weighted by Gasteiger charge is 2.22. The Kier molecular flexibility index (Phi) is 6.31. The minimum Gasteiger partial charge on any atom is -0.434 e. The minimum absolute atomic E-state index is 0.112. The molecule has 3 aromatic rings. The van der Waals surface area contributed by atoms with E-state index in [1.807, 2.05) is 4.98 Å². The van der Waals surface area contributed by atoms with Gasteiger partial charge in [-0.2, -0.15) is 14.6 Å². The number of benzene rings is 1. The molecule has 1 atom stereocenters. The average molecular weight is 571 g/mol. The van der Waals surface area contributed by atoms with Crippen LogP contribution in [0.25, 0.3) is 5.69 Å². The molecule has 0 amide bonds. The Morgan fingerprint density at radius 3 is 2.34 bits per heavy atom. The lowest BCUT2D eigenvalue weighted by atomic mass is 10.1. The van der Waals surface area contributed by atoms with Crippen molar-refractivity contribution >= 4 is 29.4 Å². The van der Waals surface area contributed by atoms with Crippen molar-refractivity contribution in [3.05, 3.63) is 70.7 Å². The predicted octanol–water partition coefficient (Wildman–Crippen LogP) is 3.65. The van der Waals surface area contributed by atoms with Crippen LogP contribution >= 0.6 is 23.2 Å². The number of carbonyl (C=O) groups excluding carboxylic acids is 1. The maximum atomic E-state index is 13.4. The first-order chi connectivity index (χ1) is 20.2. The van der Waals surface area contributed by atoms with E-state index in [2.05, 4.69) is 10.2 Å². The summed E-state index contributed by atoms with van der Waals surface area (Å²) in [4.78, 5) is 51.3. The summed E-state index contributed by atoms with van der Waals surface area (Å²) in [7, 11) is 0. The highest BCUT2D eigenvalue weighted by Crippen LogP contribution is 2.37. The Morgan fingerprint density at radius 2 is 1.76 bits per heavy atom. The molecule has 15 heteroatoms. The molecule has 38 heavy (non-hydrogen) atoms. The number of aromatic nitrogens is 5. The second-order valence-corrected chi connectivity index (χ2v) is 8.54. The van der Waals surface area contributed by atoms with Crippen molar-refractivity contribution in [3.8, 4) is 23.4 Å². The molecule has 3 rings (SSSR count). The van der Waals surface area contributed by atoms with E-state index in [-0.39, 0.29) is 21.5 Å². The van der Waals surface area contributed by atoms with E-state index < -0.39 is 72.1 Å². The second kappa shape index (κ2) is 11.5. The topological polar surface area (TPSA) is 171 Å². The predicted molar refractivity (Wildman–Crippen MR) is 135 cm³/mol. The lowest BCUT2D eigenvalue weighted by molar-refractivity contribution is -0.0164. The Hall–Kier alpha value is -4.15. The third-order valence-electron chi connectivity index (χ3n) is 4.56. The smallest absolute Gasteiger partial charge is 0.434 e. The first kappa shape index (κ1) is 20.9. The van der Waals surface area contributed by atoms with Gasteiger partial charge in [0.25, 0.3) is 11.1 Å². The number of nitriles is 1. The number of rotatable bonds is 7. The van der Waals surface area contributed by atoms with Crippen molar-refractivity contribution in [1.82, 2.24) is 24.5 Å². The normalized spacial score (nSPS) is 14.8. The van der Waals surface area contributed by atoms with Crippen LogP contribution in [0.3, 0.4) is 0 Å². The van der Waals surface area contributed by atoms with Crippen LogP contribution in [-0.2, 0) is 9.47 Å². The van der Waals surface area contributed by atoms with Gasteiger partial charge in [-0.15, -0.1) is 10.2 Å². The molecule has 1 unspecified atom stereocenters. The summed E-state index contributed by atoms with van der Waals surface area (Å²) in [6.45, 7) is -2.17. The van der Waals surface area contributed by atoms with Crippen molar-refractivity contribution in [2.45, 2.75) is 52.7 Å². The number of nitrogens with one attached hydrogen (secondary N) is 1. The first-order valence-corrected chi connectivity index (χ1v) is 11.3. The van der Waals surface area contributed by atoms with Crippen molar-refractivity contribution in [2.24, 2.45) is 0 Å². The zero-order chi connectivity index (χ0) is 33.3. The summed E-state index contributed by atoms with van der Waals surface area (Å²) in [6, 6.07) is 4.51. The molecule has 0 radical (unpaired) electrons. The third-order valence-corrected chi connectivity index (χ3v) is 5.12. The monoisotopic (exact) mass is 570 g/mol. The zero-order valence-corrected chi connectivity index (χ0v) is 21.3. The van der Waals surface area contributed by atoms with Gasteiger partial charge in [0, 0.05) is 19.9 Å². The van der Waals surface area contributed by atoms with E-state index in [9.17, 15) is 19.2 Å². The van der Waals surface area contributed by atoms with Crippen LogP contribution in [0.2, 0.25) is 10.0 Å². The highest BCUT2D eigenvalue weighted by molar-refractivity contribution is 6.37. The van der Waals surface area contributed by atoms with Crippen molar-refractivity contribution < 1.29 is 27.2 Å². The van der Waals surface area contributed by atoms with Crippen LogP contribution in [0, 0.1) is 11.3 Å². The molecule has 2 heterocycles. The summed E-state index contributed by atoms with van der Waals surface area (Å²) in [5, 5.41) is 16.0. The number of carbonyl (C=O) groups is 1. The lowest BCUT2D eigenvalue weighted by Crippen LogP contribution is -2.33. The molecule has 0 saturated heterocycles. The first-order valence-electron chi connectivity index (χ1n) is 13.6. The molecular formula is C23H22Cl2N6O7. The molecule has 2 aromatic heterocycles. The van der Waals surface area contributed by atoms with Crippen LogP contribution in [0.15, 0.2) is 32.6 Å². The number of hydrogen-bond acceptors (Lipinski definition) is 10. The molecule has 0 fully saturated rings. The van der Waals surface area contributed by atoms with Gasteiger partial charge in [-0.25, -0.2) is 9.59 Å². The maximum Gasteiger partial charge on any atom is 0.510 e. The van der Waals surface area contributed by atoms with E-state index in [4.69, 9.17) is 50.9 Å². The Morgan fingerprint density at radius 1 is 1.11 bits per heavy atom. The molecular weight excluding hydrogens is 543 g/mol. The van der Waals surface area contributed by atoms with Gasteiger partial charge in [0.05, 0.1) is 21.8 Å². The van der Waals surface area contributed by atoms with Crippen LogP contribution in [-0.4, -0.2) is 36.8 Å². The average Bonchev–Trinajstić information content (AvgIpc) is 2.85. The number of nitrogens with zero attached hydrogens (tertiary/aromatic N) is 5. The number of halogens is 2. The lowest BCUT2D eigenvalue weighted by Gasteiger charge is -2.19. The van der Waals surface area contributed by atoms with E-state index in [1.165, 1.54) is 26.8 Å². The van der Waals surface area contributed by atoms with E-state index >= 15 is 0 Å². The molecule has 200 valence electrons. The fourth-order valence-corrected chi connectivity index (χ4v) is 3.49. The summed E-state index contributed by atoms with van der Waals surface area (Å²) in [5.41, 5.74) is -4.80.